The molecule has 3 rings (SSSR count). The molecule has 1 aromatic carbocycles. The summed E-state index contributed by atoms with van der Waals surface area (Å²) < 4.78 is 13.7. The summed E-state index contributed by atoms with van der Waals surface area (Å²) >= 11 is 0. The third-order valence-electron chi connectivity index (χ3n) is 4.82. The predicted molar refractivity (Wildman–Crippen MR) is 118 cm³/mol. The normalized spacial score (nSPS) is 11.7. The molecule has 3 aromatic rings. The van der Waals surface area contributed by atoms with Crippen LogP contribution in [0.2, 0.25) is 0 Å². The van der Waals surface area contributed by atoms with E-state index in [9.17, 15) is 23.6 Å². The van der Waals surface area contributed by atoms with Crippen LogP contribution in [0.3, 0.4) is 0 Å². The van der Waals surface area contributed by atoms with Gasteiger partial charge in [-0.3, -0.25) is 19.2 Å². The number of aryl methyl sites for hydroxylation is 1. The van der Waals surface area contributed by atoms with Crippen LogP contribution in [0.25, 0.3) is 16.5 Å². The molecule has 2 atom stereocenters. The maximum atomic E-state index is 13.7. The van der Waals surface area contributed by atoms with Crippen LogP contribution in [-0.2, 0) is 114 Å². The summed E-state index contributed by atoms with van der Waals surface area (Å²) in [4.78, 5) is 62.4. The number of aromatic nitrogens is 4. The molecule has 181 valence electrons. The summed E-state index contributed by atoms with van der Waals surface area (Å²) in [5.74, 6) is -1.27. The van der Waals surface area contributed by atoms with Gasteiger partial charge in [0.15, 0.2) is 28.9 Å². The monoisotopic (exact) mass is 719 g/mol. The number of aromatic amines is 1. The van der Waals surface area contributed by atoms with Crippen LogP contribution in [0.1, 0.15) is 42.1 Å². The Morgan fingerprint density at radius 1 is 1.06 bits per heavy atom. The molecule has 36 heavy (non-hydrogen) atoms. The van der Waals surface area contributed by atoms with Crippen LogP contribution in [0.5, 0.6) is 0 Å². The Bertz CT molecular complexity index is 1270. The number of rotatable bonds is 9. The molecule has 1 unspecified atom stereocenters. The second-order valence-electron chi connectivity index (χ2n) is 7.50. The van der Waals surface area contributed by atoms with Gasteiger partial charge in [-0.15, -0.1) is 5.69 Å². The summed E-state index contributed by atoms with van der Waals surface area (Å²) in [6.07, 6.45) is -0.747. The molecular formula is C22H22FN6O4Y3-. The first-order valence-corrected chi connectivity index (χ1v) is 10.1. The molecule has 10 nitrogen and oxygen atoms in total. The van der Waals surface area contributed by atoms with E-state index in [1.54, 1.807) is 19.1 Å². The van der Waals surface area contributed by atoms with E-state index >= 15 is 0 Å². The van der Waals surface area contributed by atoms with Crippen LogP contribution in [0, 0.1) is 6.92 Å². The van der Waals surface area contributed by atoms with Crippen molar-refractivity contribution in [2.75, 3.05) is 0 Å². The van der Waals surface area contributed by atoms with Gasteiger partial charge in [-0.2, -0.15) is 0 Å². The fourth-order valence-electron chi connectivity index (χ4n) is 2.97. The van der Waals surface area contributed by atoms with Gasteiger partial charge in [0, 0.05) is 122 Å². The number of hydrogen-bond acceptors (Lipinski definition) is 7. The molecular weight excluding hydrogens is 697 g/mol. The Kier molecular flexibility index (Phi) is 16.0. The largest absolute Gasteiger partial charge is 0.679 e. The van der Waals surface area contributed by atoms with Gasteiger partial charge < -0.3 is 15.6 Å². The van der Waals surface area contributed by atoms with Gasteiger partial charge in [0.05, 0.1) is 6.04 Å². The van der Waals surface area contributed by atoms with Gasteiger partial charge >= 0.3 is 0 Å². The van der Waals surface area contributed by atoms with E-state index in [0.29, 0.717) is 17.2 Å². The number of H-pyrrole nitrogens is 1. The van der Waals surface area contributed by atoms with Crippen molar-refractivity contribution < 1.29 is 117 Å². The zero-order valence-corrected chi connectivity index (χ0v) is 28.5. The van der Waals surface area contributed by atoms with E-state index in [-0.39, 0.29) is 127 Å². The van der Waals surface area contributed by atoms with Crippen molar-refractivity contribution in [3.63, 3.8) is 0 Å². The first-order valence-electron chi connectivity index (χ1n) is 10.1. The molecule has 0 aliphatic carbocycles. The molecule has 0 fully saturated rings. The number of ketones is 2. The van der Waals surface area contributed by atoms with E-state index in [4.69, 9.17) is 0 Å². The summed E-state index contributed by atoms with van der Waals surface area (Å²) in [7, 11) is 0. The molecule has 0 spiro atoms. The standard InChI is InChI=1S/C22H23FN6O4.3Y/c1-11(30)17(23)8-18(12(2)31)29-21(32)14-4-6-15(7-5-14)24-9-16-10-25-20-19(28-16)22(33)27-13(3)26-20;;;/h4-7,10,17-18H,8-9H2,1-3H3,(H3,24,25,26,27,29,32,33);;;/p-1/t17?,18-;;;/m0.../s1/i23-1;;;. The van der Waals surface area contributed by atoms with E-state index in [0.717, 1.165) is 6.92 Å². The van der Waals surface area contributed by atoms with Crippen molar-refractivity contribution in [3.05, 3.63) is 63.2 Å². The van der Waals surface area contributed by atoms with E-state index < -0.39 is 36.1 Å². The van der Waals surface area contributed by atoms with Crippen LogP contribution in [-0.4, -0.2) is 49.6 Å². The fourth-order valence-corrected chi connectivity index (χ4v) is 2.97. The number of fused-ring (bicyclic) bond motifs is 1. The molecule has 0 aliphatic rings. The summed E-state index contributed by atoms with van der Waals surface area (Å²) in [6.45, 7) is 4.11. The Morgan fingerprint density at radius 3 is 2.28 bits per heavy atom. The van der Waals surface area contributed by atoms with Crippen LogP contribution >= 0.6 is 0 Å². The molecule has 1 amide bonds. The van der Waals surface area contributed by atoms with Gasteiger partial charge in [-0.25, -0.2) is 19.3 Å². The van der Waals surface area contributed by atoms with Crippen molar-refractivity contribution in [1.29, 1.82) is 0 Å². The minimum Gasteiger partial charge on any atom is -0.679 e. The van der Waals surface area contributed by atoms with Gasteiger partial charge in [0.25, 0.3) is 11.5 Å². The molecule has 0 aliphatic heterocycles. The minimum atomic E-state index is -1.83. The minimum absolute atomic E-state index is 0. The van der Waals surface area contributed by atoms with Crippen molar-refractivity contribution in [2.24, 2.45) is 0 Å². The number of carbonyl (C=O) groups excluding carboxylic acids is 3. The molecule has 2 N–H and O–H groups in total. The number of Topliss-reactive ketones (excluding diaryl/α,β-unsaturated/α-hetero) is 2. The van der Waals surface area contributed by atoms with E-state index in [1.165, 1.54) is 25.3 Å². The predicted octanol–water partition coefficient (Wildman–Crippen LogP) is 2.22. The second-order valence-corrected chi connectivity index (χ2v) is 7.50. The quantitative estimate of drug-likeness (QED) is 0.345. The van der Waals surface area contributed by atoms with Crippen molar-refractivity contribution >= 4 is 34.3 Å². The number of carbonyl (C=O) groups is 3. The summed E-state index contributed by atoms with van der Waals surface area (Å²) in [5.41, 5.74) is 1.26. The van der Waals surface area contributed by atoms with Gasteiger partial charge in [0.2, 0.25) is 0 Å². The fraction of sp³-hybridized carbons (Fsp3) is 0.318. The number of benzene rings is 1. The molecule has 14 heteroatoms. The molecule has 0 saturated heterocycles. The van der Waals surface area contributed by atoms with Crippen molar-refractivity contribution in [2.45, 2.75) is 46.0 Å². The Balaban J connectivity index is 0.00000408. The summed E-state index contributed by atoms with van der Waals surface area (Å²) in [6, 6.07) is 5.10. The third-order valence-corrected chi connectivity index (χ3v) is 4.82. The van der Waals surface area contributed by atoms with Gasteiger partial charge in [0.1, 0.15) is 5.82 Å². The maximum Gasteiger partial charge on any atom is 0.279 e. The molecule has 2 heterocycles. The molecule has 2 aromatic heterocycles. The number of alkyl halides is 1. The van der Waals surface area contributed by atoms with Gasteiger partial charge in [-0.1, -0.05) is 30.8 Å². The van der Waals surface area contributed by atoms with Crippen LogP contribution < -0.4 is 10.9 Å². The third kappa shape index (κ3) is 9.87. The average Bonchev–Trinajstić information content (AvgIpc) is 2.77. The Morgan fingerprint density at radius 2 is 1.69 bits per heavy atom. The van der Waals surface area contributed by atoms with Crippen LogP contribution in [0.15, 0.2) is 35.3 Å². The number of nitrogens with zero attached hydrogens (tertiary/aromatic N) is 4. The van der Waals surface area contributed by atoms with E-state index in [1.807, 2.05) is 0 Å². The number of halogens is 1. The first kappa shape index (κ1) is 35.3. The first-order chi connectivity index (χ1) is 15.6. The maximum absolute atomic E-state index is 13.7. The zero-order valence-electron chi connectivity index (χ0n) is 20.0. The average molecular weight is 719 g/mol. The Hall–Kier alpha value is -0.708. The summed E-state index contributed by atoms with van der Waals surface area (Å²) in [5, 5.41) is 6.82. The number of amides is 1. The van der Waals surface area contributed by atoms with E-state index in [2.05, 4.69) is 30.6 Å². The molecule has 0 bridgehead atoms. The SMILES string of the molecule is CC(=O)C([18F])C[C@H](NC(=O)c1ccc([N-]Cc2cnc3nc(C)[nH]c(=O)c3n2)cc1)C(C)=O.[Y].[Y].[Y]. The zero-order chi connectivity index (χ0) is 24.1. The Labute approximate surface area is 282 Å². The molecule has 3 radical (unpaired) electrons. The number of hydrogen-bond donors (Lipinski definition) is 2. The topological polar surface area (TPSA) is 149 Å². The second kappa shape index (κ2) is 16.3. The van der Waals surface area contributed by atoms with Gasteiger partial charge in [-0.05, 0) is 20.8 Å². The smallest absolute Gasteiger partial charge is 0.279 e. The van der Waals surface area contributed by atoms with Crippen LogP contribution in [0.4, 0.5) is 10.1 Å². The molecule has 0 saturated carbocycles. The number of nitrogens with one attached hydrogen (secondary N) is 2. The van der Waals surface area contributed by atoms with Crippen molar-refractivity contribution in [3.8, 4) is 0 Å². The van der Waals surface area contributed by atoms with Crippen molar-refractivity contribution in [1.82, 2.24) is 25.3 Å².